The van der Waals surface area contributed by atoms with Gasteiger partial charge in [-0.3, -0.25) is 0 Å². The largest absolute Gasteiger partial charge is 0.412 e. The molecule has 0 rings (SSSR count). The molecule has 0 bridgehead atoms. The Morgan fingerprint density at radius 1 is 1.12 bits per heavy atom. The Kier molecular flexibility index (Phi) is 30.9. The van der Waals surface area contributed by atoms with Crippen molar-refractivity contribution in [2.75, 3.05) is 5.33 Å². The van der Waals surface area contributed by atoms with Crippen molar-refractivity contribution in [1.82, 2.24) is 0 Å². The molecule has 0 saturated carbocycles. The zero-order valence-corrected chi connectivity index (χ0v) is 6.79. The number of hydrogen-bond acceptors (Lipinski definition) is 0. The standard InChI is InChI=1S/C4H10BBr.2H2O/c5-3-1-2-4-6;;/h1-5H2;2*1H2. The van der Waals surface area contributed by atoms with Crippen LogP contribution in [0.1, 0.15) is 12.8 Å². The molecule has 0 aliphatic heterocycles. The number of rotatable bonds is 3. The van der Waals surface area contributed by atoms with Gasteiger partial charge in [0.15, 0.2) is 0 Å². The van der Waals surface area contributed by atoms with Crippen LogP contribution in [-0.4, -0.2) is 24.1 Å². The summed E-state index contributed by atoms with van der Waals surface area (Å²) in [5, 5.41) is 1.17. The van der Waals surface area contributed by atoms with Gasteiger partial charge in [-0.05, 0) is 6.42 Å². The summed E-state index contributed by atoms with van der Waals surface area (Å²) in [5.41, 5.74) is 0. The third kappa shape index (κ3) is 16.1. The molecule has 0 radical (unpaired) electrons. The first-order valence-electron chi connectivity index (χ1n) is 2.47. The maximum absolute atomic E-state index is 3.35. The topological polar surface area (TPSA) is 63.0 Å². The third-order valence-electron chi connectivity index (χ3n) is 0.737. The van der Waals surface area contributed by atoms with Crippen molar-refractivity contribution in [2.45, 2.75) is 19.2 Å². The van der Waals surface area contributed by atoms with Gasteiger partial charge in [-0.25, -0.2) is 0 Å². The van der Waals surface area contributed by atoms with E-state index in [4.69, 9.17) is 0 Å². The van der Waals surface area contributed by atoms with Gasteiger partial charge in [-0.1, -0.05) is 28.7 Å². The summed E-state index contributed by atoms with van der Waals surface area (Å²) in [7, 11) is 2.21. The van der Waals surface area contributed by atoms with E-state index in [9.17, 15) is 0 Å². The molecular formula is C4H14BBrO2. The molecule has 0 spiro atoms. The minimum atomic E-state index is 0. The molecule has 0 aliphatic carbocycles. The van der Waals surface area contributed by atoms with Gasteiger partial charge in [0.2, 0.25) is 0 Å². The second-order valence-electron chi connectivity index (χ2n) is 1.40. The van der Waals surface area contributed by atoms with E-state index in [2.05, 4.69) is 23.8 Å². The summed E-state index contributed by atoms with van der Waals surface area (Å²) in [4.78, 5) is 0. The second-order valence-corrected chi connectivity index (χ2v) is 2.19. The van der Waals surface area contributed by atoms with Crippen LogP contribution < -0.4 is 0 Å². The van der Waals surface area contributed by atoms with E-state index in [0.29, 0.717) is 0 Å². The summed E-state index contributed by atoms with van der Waals surface area (Å²) in [6.45, 7) is 0. The molecule has 0 saturated heterocycles. The Balaban J connectivity index is -0.000000125. The summed E-state index contributed by atoms with van der Waals surface area (Å²) in [6.07, 6.45) is 4.02. The number of alkyl halides is 1. The Morgan fingerprint density at radius 2 is 1.62 bits per heavy atom. The first-order valence-corrected chi connectivity index (χ1v) is 3.60. The summed E-state index contributed by atoms with van der Waals surface area (Å²) in [6, 6.07) is 0. The highest BCUT2D eigenvalue weighted by atomic mass is 79.9. The molecule has 0 aromatic rings. The molecular weight excluding hydrogens is 171 g/mol. The zero-order valence-electron chi connectivity index (χ0n) is 5.21. The summed E-state index contributed by atoms with van der Waals surface area (Å²) in [5.74, 6) is 0. The van der Waals surface area contributed by atoms with E-state index < -0.39 is 0 Å². The molecule has 2 nitrogen and oxygen atoms in total. The summed E-state index contributed by atoms with van der Waals surface area (Å²) < 4.78 is 0. The molecule has 4 heteroatoms. The van der Waals surface area contributed by atoms with Gasteiger partial charge in [0.25, 0.3) is 0 Å². The highest BCUT2D eigenvalue weighted by Gasteiger charge is 1.76. The van der Waals surface area contributed by atoms with Gasteiger partial charge in [0, 0.05) is 5.33 Å². The van der Waals surface area contributed by atoms with Crippen LogP contribution in [0.25, 0.3) is 0 Å². The second kappa shape index (κ2) is 15.7. The Labute approximate surface area is 59.8 Å². The van der Waals surface area contributed by atoms with E-state index in [1.807, 2.05) is 0 Å². The number of hydrogen-bond donors (Lipinski definition) is 0. The maximum atomic E-state index is 3.35. The van der Waals surface area contributed by atoms with E-state index in [0.717, 1.165) is 0 Å². The van der Waals surface area contributed by atoms with Gasteiger partial charge < -0.3 is 11.0 Å². The van der Waals surface area contributed by atoms with E-state index >= 15 is 0 Å². The predicted molar refractivity (Wildman–Crippen MR) is 43.6 cm³/mol. The van der Waals surface area contributed by atoms with E-state index in [1.54, 1.807) is 0 Å². The van der Waals surface area contributed by atoms with Gasteiger partial charge in [-0.2, -0.15) is 0 Å². The third-order valence-corrected chi connectivity index (χ3v) is 1.30. The van der Waals surface area contributed by atoms with Gasteiger partial charge in [-0.15, -0.1) is 0 Å². The average molecular weight is 185 g/mol. The van der Waals surface area contributed by atoms with Crippen molar-refractivity contribution in [2.24, 2.45) is 0 Å². The van der Waals surface area contributed by atoms with Gasteiger partial charge in [0.05, 0.1) is 0 Å². The minimum absolute atomic E-state index is 0. The van der Waals surface area contributed by atoms with Crippen molar-refractivity contribution in [3.05, 3.63) is 0 Å². The lowest BCUT2D eigenvalue weighted by Gasteiger charge is -1.84. The lowest BCUT2D eigenvalue weighted by molar-refractivity contribution is 0.823. The normalized spacial score (nSPS) is 6.62. The molecule has 0 unspecified atom stereocenters. The predicted octanol–water partition coefficient (Wildman–Crippen LogP) is -0.436. The average Bonchev–Trinajstić information content (AvgIpc) is 1.61. The van der Waals surface area contributed by atoms with Crippen LogP contribution in [0.3, 0.4) is 0 Å². The van der Waals surface area contributed by atoms with Crippen LogP contribution in [0.2, 0.25) is 6.32 Å². The van der Waals surface area contributed by atoms with Crippen LogP contribution >= 0.6 is 15.9 Å². The Hall–Kier alpha value is 0.465. The molecule has 0 aliphatic rings. The first-order chi connectivity index (χ1) is 2.91. The molecule has 0 fully saturated rings. The molecule has 0 aromatic carbocycles. The quantitative estimate of drug-likeness (QED) is 0.325. The highest BCUT2D eigenvalue weighted by molar-refractivity contribution is 9.09. The van der Waals surface area contributed by atoms with Crippen LogP contribution in [0, 0.1) is 0 Å². The zero-order chi connectivity index (χ0) is 4.83. The Bertz CT molecular complexity index is 26.0. The lowest BCUT2D eigenvalue weighted by atomic mass is 10.0. The van der Waals surface area contributed by atoms with E-state index in [-0.39, 0.29) is 11.0 Å². The fourth-order valence-electron chi connectivity index (χ4n) is 0.344. The van der Waals surface area contributed by atoms with Crippen molar-refractivity contribution >= 4 is 23.8 Å². The molecule has 0 amide bonds. The smallest absolute Gasteiger partial charge is 0.101 e. The monoisotopic (exact) mass is 184 g/mol. The van der Waals surface area contributed by atoms with Crippen molar-refractivity contribution < 1.29 is 11.0 Å². The van der Waals surface area contributed by atoms with Crippen molar-refractivity contribution in [1.29, 1.82) is 0 Å². The molecule has 0 heterocycles. The number of unbranched alkanes of at least 4 members (excludes halogenated alkanes) is 1. The molecule has 0 atom stereocenters. The summed E-state index contributed by atoms with van der Waals surface area (Å²) >= 11 is 3.35. The molecule has 4 N–H and O–H groups in total. The van der Waals surface area contributed by atoms with Gasteiger partial charge >= 0.3 is 0 Å². The van der Waals surface area contributed by atoms with Crippen LogP contribution in [0.4, 0.5) is 0 Å². The van der Waals surface area contributed by atoms with E-state index in [1.165, 1.54) is 24.5 Å². The first kappa shape index (κ1) is 15.8. The molecule has 8 heavy (non-hydrogen) atoms. The van der Waals surface area contributed by atoms with Crippen LogP contribution in [0.15, 0.2) is 0 Å². The molecule has 52 valence electrons. The lowest BCUT2D eigenvalue weighted by Crippen LogP contribution is -1.72. The van der Waals surface area contributed by atoms with Gasteiger partial charge in [0.1, 0.15) is 7.85 Å². The SMILES string of the molecule is BCCCCBr.O.O. The number of halogens is 1. The Morgan fingerprint density at radius 3 is 1.75 bits per heavy atom. The fraction of sp³-hybridized carbons (Fsp3) is 1.00. The van der Waals surface area contributed by atoms with Crippen molar-refractivity contribution in [3.63, 3.8) is 0 Å². The maximum Gasteiger partial charge on any atom is 0.101 e. The molecule has 0 aromatic heterocycles. The highest BCUT2D eigenvalue weighted by Crippen LogP contribution is 1.94. The minimum Gasteiger partial charge on any atom is -0.412 e. The van der Waals surface area contributed by atoms with Crippen LogP contribution in [-0.2, 0) is 0 Å². The van der Waals surface area contributed by atoms with Crippen molar-refractivity contribution in [3.8, 4) is 0 Å². The fourth-order valence-corrected chi connectivity index (χ4v) is 0.741. The van der Waals surface area contributed by atoms with Crippen LogP contribution in [0.5, 0.6) is 0 Å².